The number of hydrogen-bond acceptors (Lipinski definition) is 5. The molecule has 0 bridgehead atoms. The lowest BCUT2D eigenvalue weighted by Gasteiger charge is -2.02. The van der Waals surface area contributed by atoms with E-state index >= 15 is 0 Å². The van der Waals surface area contributed by atoms with Gasteiger partial charge >= 0.3 is 0 Å². The fraction of sp³-hybridized carbons (Fsp3) is 0.421. The summed E-state index contributed by atoms with van der Waals surface area (Å²) in [6.45, 7) is 2.87. The van der Waals surface area contributed by atoms with Gasteiger partial charge in [-0.3, -0.25) is 9.59 Å². The first kappa shape index (κ1) is 21.3. The molecule has 0 fully saturated rings. The Bertz CT molecular complexity index is 621. The summed E-state index contributed by atoms with van der Waals surface area (Å²) in [6.07, 6.45) is 8.53. The second-order valence-corrected chi connectivity index (χ2v) is 6.58. The number of amides is 1. The first-order valence-electron chi connectivity index (χ1n) is 8.50. The van der Waals surface area contributed by atoms with Crippen molar-refractivity contribution in [2.45, 2.75) is 45.4 Å². The van der Waals surface area contributed by atoms with Crippen LogP contribution in [0.3, 0.4) is 0 Å². The number of rotatable bonds is 11. The fourth-order valence-corrected chi connectivity index (χ4v) is 2.82. The predicted molar refractivity (Wildman–Crippen MR) is 109 cm³/mol. The van der Waals surface area contributed by atoms with Crippen molar-refractivity contribution in [2.75, 3.05) is 6.54 Å². The molecule has 0 spiro atoms. The van der Waals surface area contributed by atoms with Crippen molar-refractivity contribution in [3.05, 3.63) is 41.3 Å². The summed E-state index contributed by atoms with van der Waals surface area (Å²) >= 11 is 5.51. The zero-order valence-electron chi connectivity index (χ0n) is 14.5. The Morgan fingerprint density at radius 1 is 1.16 bits per heavy atom. The van der Waals surface area contributed by atoms with Crippen molar-refractivity contribution in [2.24, 2.45) is 4.99 Å². The summed E-state index contributed by atoms with van der Waals surface area (Å²) in [7, 11) is 0. The third kappa shape index (κ3) is 9.97. The zero-order chi connectivity index (χ0) is 18.3. The summed E-state index contributed by atoms with van der Waals surface area (Å²) in [5.41, 5.74) is 1.20. The molecule has 0 unspecified atom stereocenters. The number of thiocarbonyl (C=S) groups is 1. The van der Waals surface area contributed by atoms with Gasteiger partial charge in [0.15, 0.2) is 0 Å². The van der Waals surface area contributed by atoms with Crippen molar-refractivity contribution >= 4 is 45.9 Å². The Labute approximate surface area is 159 Å². The summed E-state index contributed by atoms with van der Waals surface area (Å²) in [6, 6.07) is 6.74. The van der Waals surface area contributed by atoms with Crippen LogP contribution in [0, 0.1) is 0 Å². The predicted octanol–water partition coefficient (Wildman–Crippen LogP) is 5.28. The average molecular weight is 377 g/mol. The highest BCUT2D eigenvalue weighted by Gasteiger charge is 2.04. The number of hydrogen-bond donors (Lipinski definition) is 1. The number of nitrogens with zero attached hydrogens (tertiary/aromatic N) is 1. The third-order valence-electron chi connectivity index (χ3n) is 3.50. The van der Waals surface area contributed by atoms with Crippen LogP contribution in [0.25, 0.3) is 0 Å². The molecule has 0 atom stereocenters. The van der Waals surface area contributed by atoms with Crippen molar-refractivity contribution < 1.29 is 9.59 Å². The summed E-state index contributed by atoms with van der Waals surface area (Å²) in [4.78, 5) is 27.5. The summed E-state index contributed by atoms with van der Waals surface area (Å²) in [5, 5.41) is 6.49. The SMILES string of the molecule is CCCCCCCCNC(=O)/C=C\SC(=O)c1ccc(N=C=S)cc1. The van der Waals surface area contributed by atoms with E-state index in [0.717, 1.165) is 24.6 Å². The van der Waals surface area contributed by atoms with E-state index in [1.54, 1.807) is 24.3 Å². The molecule has 0 aromatic heterocycles. The highest BCUT2D eigenvalue weighted by molar-refractivity contribution is 8.16. The topological polar surface area (TPSA) is 58.5 Å². The highest BCUT2D eigenvalue weighted by Crippen LogP contribution is 2.17. The van der Waals surface area contributed by atoms with Crippen molar-refractivity contribution in [3.8, 4) is 0 Å². The lowest BCUT2D eigenvalue weighted by Crippen LogP contribution is -2.21. The molecule has 0 aliphatic rings. The molecule has 4 nitrogen and oxygen atoms in total. The molecule has 0 heterocycles. The van der Waals surface area contributed by atoms with Gasteiger partial charge < -0.3 is 5.32 Å². The first-order chi connectivity index (χ1) is 12.2. The van der Waals surface area contributed by atoms with Gasteiger partial charge in [0.05, 0.1) is 10.8 Å². The normalized spacial score (nSPS) is 10.4. The standard InChI is InChI=1S/C19H24N2O2S2/c1-2-3-4-5-6-7-13-20-18(22)12-14-25-19(23)16-8-10-17(11-9-16)21-15-24/h8-12,14H,2-7,13H2,1H3,(H,20,22)/b14-12-. The molecule has 1 aromatic carbocycles. The summed E-state index contributed by atoms with van der Waals surface area (Å²) in [5.74, 6) is -0.167. The van der Waals surface area contributed by atoms with Gasteiger partial charge in [0.25, 0.3) is 0 Å². The van der Waals surface area contributed by atoms with E-state index in [1.807, 2.05) is 0 Å². The van der Waals surface area contributed by atoms with Crippen LogP contribution in [0.1, 0.15) is 55.8 Å². The fourth-order valence-electron chi connectivity index (χ4n) is 2.13. The van der Waals surface area contributed by atoms with E-state index in [4.69, 9.17) is 0 Å². The number of isothiocyanates is 1. The Kier molecular flexibility index (Phi) is 11.5. The number of thioether (sulfide) groups is 1. The number of nitrogens with one attached hydrogen (secondary N) is 1. The Balaban J connectivity index is 2.23. The van der Waals surface area contributed by atoms with Gasteiger partial charge in [-0.1, -0.05) is 50.8 Å². The van der Waals surface area contributed by atoms with Crippen molar-refractivity contribution in [3.63, 3.8) is 0 Å². The quantitative estimate of drug-likeness (QED) is 0.247. The first-order valence-corrected chi connectivity index (χ1v) is 9.79. The maximum Gasteiger partial charge on any atom is 0.244 e. The van der Waals surface area contributed by atoms with E-state index in [1.165, 1.54) is 37.2 Å². The van der Waals surface area contributed by atoms with E-state index in [-0.39, 0.29) is 11.0 Å². The van der Waals surface area contributed by atoms with E-state index in [0.29, 0.717) is 17.8 Å². The number of benzene rings is 1. The molecule has 1 N–H and O–H groups in total. The maximum absolute atomic E-state index is 12.0. The molecule has 0 saturated heterocycles. The van der Waals surface area contributed by atoms with Crippen molar-refractivity contribution in [1.29, 1.82) is 0 Å². The van der Waals surface area contributed by atoms with Crippen LogP contribution in [-0.4, -0.2) is 22.7 Å². The van der Waals surface area contributed by atoms with Gasteiger partial charge in [-0.05, 0) is 48.3 Å². The minimum Gasteiger partial charge on any atom is -0.353 e. The van der Waals surface area contributed by atoms with Crippen LogP contribution in [0.2, 0.25) is 0 Å². The van der Waals surface area contributed by atoms with Crippen LogP contribution >= 0.6 is 24.0 Å². The van der Waals surface area contributed by atoms with Crippen molar-refractivity contribution in [1.82, 2.24) is 5.32 Å². The molecule has 1 amide bonds. The number of unbranched alkanes of at least 4 members (excludes halogenated alkanes) is 5. The lowest BCUT2D eigenvalue weighted by molar-refractivity contribution is -0.116. The third-order valence-corrected chi connectivity index (χ3v) is 4.32. The van der Waals surface area contributed by atoms with Gasteiger partial charge in [0.1, 0.15) is 0 Å². The molecular formula is C19H24N2O2S2. The largest absolute Gasteiger partial charge is 0.353 e. The van der Waals surface area contributed by atoms with Crippen LogP contribution in [0.4, 0.5) is 5.69 Å². The van der Waals surface area contributed by atoms with Crippen LogP contribution in [-0.2, 0) is 4.79 Å². The average Bonchev–Trinajstić information content (AvgIpc) is 2.62. The summed E-state index contributed by atoms with van der Waals surface area (Å²) < 4.78 is 0. The molecule has 25 heavy (non-hydrogen) atoms. The Hall–Kier alpha value is -1.75. The molecule has 1 rings (SSSR count). The van der Waals surface area contributed by atoms with Crippen LogP contribution in [0.5, 0.6) is 0 Å². The highest BCUT2D eigenvalue weighted by atomic mass is 32.2. The number of carbonyl (C=O) groups is 2. The van der Waals surface area contributed by atoms with Gasteiger partial charge in [0.2, 0.25) is 11.0 Å². The molecular weight excluding hydrogens is 352 g/mol. The molecule has 0 aliphatic heterocycles. The second kappa shape index (κ2) is 13.5. The van der Waals surface area contributed by atoms with E-state index in [9.17, 15) is 9.59 Å². The molecule has 0 radical (unpaired) electrons. The Morgan fingerprint density at radius 2 is 1.84 bits per heavy atom. The molecule has 1 aromatic rings. The number of aliphatic imine (C=N–C) groups is 1. The lowest BCUT2D eigenvalue weighted by atomic mass is 10.1. The number of carbonyl (C=O) groups excluding carboxylic acids is 2. The monoisotopic (exact) mass is 376 g/mol. The molecule has 0 aliphatic carbocycles. The zero-order valence-corrected chi connectivity index (χ0v) is 16.1. The molecule has 0 saturated carbocycles. The Morgan fingerprint density at radius 3 is 2.52 bits per heavy atom. The van der Waals surface area contributed by atoms with Gasteiger partial charge in [-0.25, -0.2) is 0 Å². The minimum absolute atomic E-state index is 0.127. The van der Waals surface area contributed by atoms with Gasteiger partial charge in [-0.2, -0.15) is 4.99 Å². The minimum atomic E-state index is -0.167. The van der Waals surface area contributed by atoms with Gasteiger partial charge in [0, 0.05) is 18.2 Å². The van der Waals surface area contributed by atoms with E-state index in [2.05, 4.69) is 34.6 Å². The molecule has 134 valence electrons. The van der Waals surface area contributed by atoms with Crippen LogP contribution in [0.15, 0.2) is 40.7 Å². The van der Waals surface area contributed by atoms with E-state index < -0.39 is 0 Å². The smallest absolute Gasteiger partial charge is 0.244 e. The second-order valence-electron chi connectivity index (χ2n) is 5.52. The van der Waals surface area contributed by atoms with Crippen LogP contribution < -0.4 is 5.32 Å². The van der Waals surface area contributed by atoms with Gasteiger partial charge in [-0.15, -0.1) is 0 Å². The molecule has 6 heteroatoms. The maximum atomic E-state index is 12.0.